The highest BCUT2D eigenvalue weighted by molar-refractivity contribution is 5.83. The monoisotopic (exact) mass is 142 g/mol. The molecule has 1 heterocycles. The third-order valence-electron chi connectivity index (χ3n) is 1.00. The van der Waals surface area contributed by atoms with E-state index in [1.54, 1.807) is 0 Å². The number of rotatable bonds is 2. The standard InChI is InChI=1S/C5H6N2O3/c8-2-3-1-6-4(7-3)5(9)10/h1,8H,2H2,(H,6,7)(H,9,10). The van der Waals surface area contributed by atoms with Crippen LogP contribution in [0.5, 0.6) is 0 Å². The van der Waals surface area contributed by atoms with Gasteiger partial charge < -0.3 is 15.2 Å². The van der Waals surface area contributed by atoms with E-state index in [1.807, 2.05) is 0 Å². The number of carboxylic acid groups (broad SMARTS) is 1. The summed E-state index contributed by atoms with van der Waals surface area (Å²) in [6, 6.07) is 0. The third-order valence-corrected chi connectivity index (χ3v) is 1.00. The van der Waals surface area contributed by atoms with Gasteiger partial charge in [0.2, 0.25) is 5.82 Å². The Balaban J connectivity index is 2.88. The van der Waals surface area contributed by atoms with E-state index in [2.05, 4.69) is 9.97 Å². The Kier molecular flexibility index (Phi) is 1.68. The predicted octanol–water partition coefficient (Wildman–Crippen LogP) is -0.400. The van der Waals surface area contributed by atoms with Crippen molar-refractivity contribution in [3.05, 3.63) is 17.7 Å². The fourth-order valence-corrected chi connectivity index (χ4v) is 0.548. The lowest BCUT2D eigenvalue weighted by Crippen LogP contribution is -1.98. The Hall–Kier alpha value is -1.36. The van der Waals surface area contributed by atoms with Gasteiger partial charge in [-0.2, -0.15) is 0 Å². The average Bonchev–Trinajstić information content (AvgIpc) is 2.34. The summed E-state index contributed by atoms with van der Waals surface area (Å²) in [6.07, 6.45) is 1.28. The summed E-state index contributed by atoms with van der Waals surface area (Å²) in [5.41, 5.74) is 0.400. The molecule has 0 fully saturated rings. The number of carbonyl (C=O) groups is 1. The van der Waals surface area contributed by atoms with Gasteiger partial charge in [-0.05, 0) is 0 Å². The molecule has 1 aromatic heterocycles. The molecule has 0 unspecified atom stereocenters. The third kappa shape index (κ3) is 1.14. The van der Waals surface area contributed by atoms with Crippen LogP contribution in [0.25, 0.3) is 0 Å². The highest BCUT2D eigenvalue weighted by atomic mass is 16.4. The van der Waals surface area contributed by atoms with E-state index in [1.165, 1.54) is 6.20 Å². The van der Waals surface area contributed by atoms with E-state index >= 15 is 0 Å². The molecule has 0 atom stereocenters. The molecule has 0 saturated carbocycles. The summed E-state index contributed by atoms with van der Waals surface area (Å²) in [5.74, 6) is -1.27. The Morgan fingerprint density at radius 3 is 2.80 bits per heavy atom. The molecule has 0 aliphatic carbocycles. The van der Waals surface area contributed by atoms with Crippen LogP contribution in [0.2, 0.25) is 0 Å². The minimum atomic E-state index is -1.13. The quantitative estimate of drug-likeness (QED) is 0.524. The van der Waals surface area contributed by atoms with E-state index in [4.69, 9.17) is 10.2 Å². The number of aromatic amines is 1. The lowest BCUT2D eigenvalue weighted by molar-refractivity contribution is 0.0684. The number of aromatic carboxylic acids is 1. The summed E-state index contributed by atoms with van der Waals surface area (Å²) < 4.78 is 0. The van der Waals surface area contributed by atoms with Crippen LogP contribution in [0.3, 0.4) is 0 Å². The fraction of sp³-hybridized carbons (Fsp3) is 0.200. The Morgan fingerprint density at radius 1 is 1.80 bits per heavy atom. The smallest absolute Gasteiger partial charge is 0.371 e. The second-order valence-corrected chi connectivity index (χ2v) is 1.72. The number of aliphatic hydroxyl groups is 1. The molecule has 0 bridgehead atoms. The van der Waals surface area contributed by atoms with Gasteiger partial charge in [0.1, 0.15) is 0 Å². The van der Waals surface area contributed by atoms with E-state index in [9.17, 15) is 4.79 Å². The van der Waals surface area contributed by atoms with Gasteiger partial charge in [0.05, 0.1) is 18.5 Å². The first kappa shape index (κ1) is 6.76. The molecule has 0 radical (unpaired) electrons. The Bertz CT molecular complexity index is 243. The van der Waals surface area contributed by atoms with Crippen molar-refractivity contribution < 1.29 is 15.0 Å². The molecule has 1 rings (SSSR count). The number of imidazole rings is 1. The van der Waals surface area contributed by atoms with Crippen LogP contribution < -0.4 is 0 Å². The minimum Gasteiger partial charge on any atom is -0.475 e. The molecule has 0 saturated heterocycles. The largest absolute Gasteiger partial charge is 0.475 e. The average molecular weight is 142 g/mol. The maximum atomic E-state index is 10.2. The number of hydrogen-bond acceptors (Lipinski definition) is 3. The van der Waals surface area contributed by atoms with Gasteiger partial charge >= 0.3 is 5.97 Å². The molecule has 10 heavy (non-hydrogen) atoms. The molecule has 0 spiro atoms. The van der Waals surface area contributed by atoms with E-state index in [0.717, 1.165) is 0 Å². The highest BCUT2D eigenvalue weighted by Crippen LogP contribution is 1.95. The van der Waals surface area contributed by atoms with Crippen molar-refractivity contribution in [2.45, 2.75) is 6.61 Å². The molecule has 0 amide bonds. The van der Waals surface area contributed by atoms with Crippen molar-refractivity contribution in [3.63, 3.8) is 0 Å². The normalized spacial score (nSPS) is 9.70. The lowest BCUT2D eigenvalue weighted by Gasteiger charge is -1.84. The molecule has 0 aliphatic heterocycles. The zero-order chi connectivity index (χ0) is 7.56. The maximum Gasteiger partial charge on any atom is 0.371 e. The fourth-order valence-electron chi connectivity index (χ4n) is 0.548. The van der Waals surface area contributed by atoms with Crippen LogP contribution in [-0.2, 0) is 6.61 Å². The number of hydrogen-bond donors (Lipinski definition) is 3. The zero-order valence-electron chi connectivity index (χ0n) is 5.03. The molecule has 1 aromatic rings. The van der Waals surface area contributed by atoms with Crippen molar-refractivity contribution in [3.8, 4) is 0 Å². The zero-order valence-corrected chi connectivity index (χ0v) is 5.03. The number of carboxylic acids is 1. The van der Waals surface area contributed by atoms with Crippen LogP contribution >= 0.6 is 0 Å². The Morgan fingerprint density at radius 2 is 2.50 bits per heavy atom. The molecule has 3 N–H and O–H groups in total. The molecular weight excluding hydrogens is 136 g/mol. The summed E-state index contributed by atoms with van der Waals surface area (Å²) in [7, 11) is 0. The number of aliphatic hydroxyl groups excluding tert-OH is 1. The molecule has 0 aliphatic rings. The van der Waals surface area contributed by atoms with Crippen molar-refractivity contribution >= 4 is 5.97 Å². The van der Waals surface area contributed by atoms with E-state index in [0.29, 0.717) is 5.69 Å². The second-order valence-electron chi connectivity index (χ2n) is 1.72. The first-order valence-corrected chi connectivity index (χ1v) is 2.62. The molecule has 0 aromatic carbocycles. The predicted molar refractivity (Wildman–Crippen MR) is 31.5 cm³/mol. The number of aromatic nitrogens is 2. The van der Waals surface area contributed by atoms with Gasteiger partial charge in [-0.3, -0.25) is 0 Å². The van der Waals surface area contributed by atoms with Gasteiger partial charge in [-0.1, -0.05) is 0 Å². The summed E-state index contributed by atoms with van der Waals surface area (Å²) in [4.78, 5) is 16.0. The topological polar surface area (TPSA) is 86.2 Å². The summed E-state index contributed by atoms with van der Waals surface area (Å²) >= 11 is 0. The first-order chi connectivity index (χ1) is 4.74. The molecule has 5 nitrogen and oxygen atoms in total. The van der Waals surface area contributed by atoms with Crippen LogP contribution in [0.1, 0.15) is 16.3 Å². The summed E-state index contributed by atoms with van der Waals surface area (Å²) in [6.45, 7) is -0.222. The lowest BCUT2D eigenvalue weighted by atomic mass is 10.5. The minimum absolute atomic E-state index is 0.149. The van der Waals surface area contributed by atoms with Crippen molar-refractivity contribution in [1.82, 2.24) is 9.97 Å². The van der Waals surface area contributed by atoms with Crippen molar-refractivity contribution in [2.75, 3.05) is 0 Å². The van der Waals surface area contributed by atoms with Gasteiger partial charge in [0.25, 0.3) is 0 Å². The van der Waals surface area contributed by atoms with Crippen molar-refractivity contribution in [1.29, 1.82) is 0 Å². The van der Waals surface area contributed by atoms with E-state index in [-0.39, 0.29) is 12.4 Å². The van der Waals surface area contributed by atoms with E-state index < -0.39 is 5.97 Å². The number of nitrogens with zero attached hydrogens (tertiary/aromatic N) is 1. The molecule has 5 heteroatoms. The maximum absolute atomic E-state index is 10.2. The van der Waals surface area contributed by atoms with Gasteiger partial charge in [-0.25, -0.2) is 9.78 Å². The van der Waals surface area contributed by atoms with Crippen molar-refractivity contribution in [2.24, 2.45) is 0 Å². The SMILES string of the molecule is O=C(O)c1ncc(CO)[nH]1. The van der Waals surface area contributed by atoms with Gasteiger partial charge in [0.15, 0.2) is 0 Å². The second kappa shape index (κ2) is 2.49. The van der Waals surface area contributed by atoms with Gasteiger partial charge in [-0.15, -0.1) is 0 Å². The summed E-state index contributed by atoms with van der Waals surface area (Å²) in [5, 5.41) is 16.8. The Labute approximate surface area is 56.3 Å². The molecule has 54 valence electrons. The van der Waals surface area contributed by atoms with Gasteiger partial charge in [0, 0.05) is 0 Å². The van der Waals surface area contributed by atoms with Crippen LogP contribution in [0, 0.1) is 0 Å². The molecular formula is C5H6N2O3. The van der Waals surface area contributed by atoms with Crippen LogP contribution in [0.15, 0.2) is 6.20 Å². The number of H-pyrrole nitrogens is 1. The first-order valence-electron chi connectivity index (χ1n) is 2.62. The van der Waals surface area contributed by atoms with Crippen LogP contribution in [0.4, 0.5) is 0 Å². The highest BCUT2D eigenvalue weighted by Gasteiger charge is 2.05. The number of nitrogens with one attached hydrogen (secondary N) is 1. The van der Waals surface area contributed by atoms with Crippen LogP contribution in [-0.4, -0.2) is 26.2 Å².